The molecule has 1 N–H and O–H groups in total. The molecule has 3 nitrogen and oxygen atoms in total. The van der Waals surface area contributed by atoms with Crippen LogP contribution in [0.1, 0.15) is 18.1 Å². The molecule has 1 aromatic rings. The van der Waals surface area contributed by atoms with Crippen LogP contribution in [0.2, 0.25) is 0 Å². The molecule has 1 rings (SSSR count). The summed E-state index contributed by atoms with van der Waals surface area (Å²) in [7, 11) is 1.55. The van der Waals surface area contributed by atoms with Crippen molar-refractivity contribution in [3.63, 3.8) is 0 Å². The highest BCUT2D eigenvalue weighted by Crippen LogP contribution is 2.24. The summed E-state index contributed by atoms with van der Waals surface area (Å²) >= 11 is 3.12. The molecular formula is C12H14BrFO3. The number of hydrogen-bond donors (Lipinski definition) is 1. The predicted octanol–water partition coefficient (Wildman–Crippen LogP) is 3.00. The van der Waals surface area contributed by atoms with Crippen LogP contribution in [0, 0.1) is 11.7 Å². The van der Waals surface area contributed by atoms with Gasteiger partial charge in [-0.1, -0.05) is 13.0 Å². The van der Waals surface area contributed by atoms with E-state index in [1.54, 1.807) is 26.2 Å². The molecule has 0 aliphatic carbocycles. The van der Waals surface area contributed by atoms with Crippen LogP contribution in [-0.2, 0) is 22.6 Å². The zero-order chi connectivity index (χ0) is 13.0. The van der Waals surface area contributed by atoms with Crippen LogP contribution in [0.4, 0.5) is 4.39 Å². The zero-order valence-electron chi connectivity index (χ0n) is 9.67. The molecule has 0 amide bonds. The molecule has 0 bridgehead atoms. The predicted molar refractivity (Wildman–Crippen MR) is 65.3 cm³/mol. The van der Waals surface area contributed by atoms with Crippen molar-refractivity contribution in [3.8, 4) is 0 Å². The molecule has 1 atom stereocenters. The molecule has 0 aliphatic heterocycles. The van der Waals surface area contributed by atoms with Gasteiger partial charge in [0.05, 0.1) is 17.0 Å². The molecule has 17 heavy (non-hydrogen) atoms. The van der Waals surface area contributed by atoms with Crippen LogP contribution in [0.15, 0.2) is 16.6 Å². The SMILES string of the molecule is COCc1cc(Br)c(F)c(CC(C)C(=O)O)c1. The highest BCUT2D eigenvalue weighted by molar-refractivity contribution is 9.10. The number of methoxy groups -OCH3 is 1. The van der Waals surface area contributed by atoms with Crippen LogP contribution in [0.5, 0.6) is 0 Å². The number of carboxylic acids is 1. The summed E-state index contributed by atoms with van der Waals surface area (Å²) in [4.78, 5) is 10.8. The van der Waals surface area contributed by atoms with Gasteiger partial charge in [-0.15, -0.1) is 0 Å². The van der Waals surface area contributed by atoms with Gasteiger partial charge in [-0.25, -0.2) is 4.39 Å². The first-order valence-electron chi connectivity index (χ1n) is 5.14. The first kappa shape index (κ1) is 14.1. The van der Waals surface area contributed by atoms with Gasteiger partial charge < -0.3 is 9.84 Å². The molecule has 1 aromatic carbocycles. The number of ether oxygens (including phenoxy) is 1. The third-order valence-electron chi connectivity index (χ3n) is 2.42. The molecule has 0 fully saturated rings. The third kappa shape index (κ3) is 3.78. The number of hydrogen-bond acceptors (Lipinski definition) is 2. The van der Waals surface area contributed by atoms with Gasteiger partial charge in [-0.05, 0) is 39.5 Å². The van der Waals surface area contributed by atoms with E-state index in [1.165, 1.54) is 0 Å². The monoisotopic (exact) mass is 304 g/mol. The van der Waals surface area contributed by atoms with Gasteiger partial charge in [0.25, 0.3) is 0 Å². The Kier molecular flexibility index (Phi) is 5.08. The van der Waals surface area contributed by atoms with E-state index in [0.717, 1.165) is 5.56 Å². The minimum atomic E-state index is -0.933. The number of aliphatic carboxylic acids is 1. The first-order chi connectivity index (χ1) is 7.95. The molecule has 94 valence electrons. The van der Waals surface area contributed by atoms with E-state index in [-0.39, 0.29) is 6.42 Å². The molecule has 5 heteroatoms. The van der Waals surface area contributed by atoms with Gasteiger partial charge >= 0.3 is 5.97 Å². The standard InChI is InChI=1S/C12H14BrFO3/c1-7(12(15)16)3-9-4-8(6-17-2)5-10(13)11(9)14/h4-5,7H,3,6H2,1-2H3,(H,15,16). The lowest BCUT2D eigenvalue weighted by molar-refractivity contribution is -0.141. The van der Waals surface area contributed by atoms with E-state index in [0.29, 0.717) is 16.6 Å². The van der Waals surface area contributed by atoms with Crippen molar-refractivity contribution in [2.45, 2.75) is 20.0 Å². The summed E-state index contributed by atoms with van der Waals surface area (Å²) in [5.74, 6) is -1.95. The summed E-state index contributed by atoms with van der Waals surface area (Å²) in [5.41, 5.74) is 1.20. The zero-order valence-corrected chi connectivity index (χ0v) is 11.3. The maximum atomic E-state index is 13.8. The Bertz CT molecular complexity index is 420. The molecule has 0 heterocycles. The first-order valence-corrected chi connectivity index (χ1v) is 5.93. The van der Waals surface area contributed by atoms with Gasteiger partial charge in [-0.2, -0.15) is 0 Å². The smallest absolute Gasteiger partial charge is 0.306 e. The second kappa shape index (κ2) is 6.12. The van der Waals surface area contributed by atoms with Gasteiger partial charge in [0.2, 0.25) is 0 Å². The number of rotatable bonds is 5. The van der Waals surface area contributed by atoms with Crippen molar-refractivity contribution < 1.29 is 19.0 Å². The van der Waals surface area contributed by atoms with Crippen LogP contribution in [0.3, 0.4) is 0 Å². The lowest BCUT2D eigenvalue weighted by Crippen LogP contribution is -2.13. The maximum Gasteiger partial charge on any atom is 0.306 e. The Morgan fingerprint density at radius 2 is 2.24 bits per heavy atom. The van der Waals surface area contributed by atoms with Gasteiger partial charge in [0.15, 0.2) is 0 Å². The summed E-state index contributed by atoms with van der Waals surface area (Å²) in [6.07, 6.45) is 0.164. The Labute approximate surface area is 108 Å². The summed E-state index contributed by atoms with van der Waals surface area (Å²) < 4.78 is 19.1. The second-order valence-electron chi connectivity index (χ2n) is 3.93. The highest BCUT2D eigenvalue weighted by Gasteiger charge is 2.16. The molecule has 0 radical (unpaired) electrons. The van der Waals surface area contributed by atoms with E-state index < -0.39 is 17.7 Å². The fourth-order valence-electron chi connectivity index (χ4n) is 1.52. The summed E-state index contributed by atoms with van der Waals surface area (Å²) in [6.45, 7) is 1.92. The van der Waals surface area contributed by atoms with E-state index in [4.69, 9.17) is 9.84 Å². The fraction of sp³-hybridized carbons (Fsp3) is 0.417. The molecule has 0 saturated heterocycles. The largest absolute Gasteiger partial charge is 0.481 e. The van der Waals surface area contributed by atoms with Crippen molar-refractivity contribution in [2.24, 2.45) is 5.92 Å². The number of benzene rings is 1. The van der Waals surface area contributed by atoms with E-state index in [1.807, 2.05) is 0 Å². The summed E-state index contributed by atoms with van der Waals surface area (Å²) in [6, 6.07) is 3.27. The Hall–Kier alpha value is -0.940. The lowest BCUT2D eigenvalue weighted by Gasteiger charge is -2.11. The minimum absolute atomic E-state index is 0.164. The maximum absolute atomic E-state index is 13.8. The molecule has 0 aromatic heterocycles. The third-order valence-corrected chi connectivity index (χ3v) is 3.00. The average molecular weight is 305 g/mol. The van der Waals surface area contributed by atoms with Gasteiger partial charge in [-0.3, -0.25) is 4.79 Å². The molecule has 0 aliphatic rings. The molecule has 0 spiro atoms. The van der Waals surface area contributed by atoms with Crippen molar-refractivity contribution in [1.82, 2.24) is 0 Å². The Morgan fingerprint density at radius 1 is 1.59 bits per heavy atom. The number of carboxylic acid groups (broad SMARTS) is 1. The van der Waals surface area contributed by atoms with Crippen LogP contribution in [-0.4, -0.2) is 18.2 Å². The van der Waals surface area contributed by atoms with Crippen molar-refractivity contribution in [3.05, 3.63) is 33.5 Å². The van der Waals surface area contributed by atoms with Crippen molar-refractivity contribution in [2.75, 3.05) is 7.11 Å². The van der Waals surface area contributed by atoms with Gasteiger partial charge in [0.1, 0.15) is 5.82 Å². The Morgan fingerprint density at radius 3 is 2.76 bits per heavy atom. The second-order valence-corrected chi connectivity index (χ2v) is 4.78. The minimum Gasteiger partial charge on any atom is -0.481 e. The fourth-order valence-corrected chi connectivity index (χ4v) is 2.07. The van der Waals surface area contributed by atoms with Crippen molar-refractivity contribution >= 4 is 21.9 Å². The highest BCUT2D eigenvalue weighted by atomic mass is 79.9. The van der Waals surface area contributed by atoms with Crippen molar-refractivity contribution in [1.29, 1.82) is 0 Å². The topological polar surface area (TPSA) is 46.5 Å². The van der Waals surface area contributed by atoms with Crippen LogP contribution < -0.4 is 0 Å². The quantitative estimate of drug-likeness (QED) is 0.909. The van der Waals surface area contributed by atoms with E-state index in [2.05, 4.69) is 15.9 Å². The number of carbonyl (C=O) groups is 1. The lowest BCUT2D eigenvalue weighted by atomic mass is 9.99. The van der Waals surface area contributed by atoms with Crippen LogP contribution in [0.25, 0.3) is 0 Å². The van der Waals surface area contributed by atoms with E-state index >= 15 is 0 Å². The molecule has 1 unspecified atom stereocenters. The average Bonchev–Trinajstić information content (AvgIpc) is 2.25. The van der Waals surface area contributed by atoms with Gasteiger partial charge in [0, 0.05) is 7.11 Å². The normalized spacial score (nSPS) is 12.5. The summed E-state index contributed by atoms with van der Waals surface area (Å²) in [5, 5.41) is 8.82. The Balaban J connectivity index is 3.00. The van der Waals surface area contributed by atoms with E-state index in [9.17, 15) is 9.18 Å². The van der Waals surface area contributed by atoms with Crippen LogP contribution >= 0.6 is 15.9 Å². The number of halogens is 2. The molecule has 0 saturated carbocycles. The molecular weight excluding hydrogens is 291 g/mol.